The van der Waals surface area contributed by atoms with Gasteiger partial charge in [-0.15, -0.1) is 0 Å². The Morgan fingerprint density at radius 1 is 0.960 bits per heavy atom. The highest BCUT2D eigenvalue weighted by atomic mass is 16.5. The Labute approximate surface area is 148 Å². The second kappa shape index (κ2) is 6.77. The molecule has 1 aliphatic rings. The summed E-state index contributed by atoms with van der Waals surface area (Å²) < 4.78 is 6.08. The molecule has 0 saturated carbocycles. The van der Waals surface area contributed by atoms with Gasteiger partial charge in [0.1, 0.15) is 11.9 Å². The molecule has 1 radical (unpaired) electrons. The van der Waals surface area contributed by atoms with Gasteiger partial charge in [0.15, 0.2) is 5.75 Å². The largest absolute Gasteiger partial charge is 0.489 e. The van der Waals surface area contributed by atoms with Crippen LogP contribution < -0.4 is 10.1 Å². The van der Waals surface area contributed by atoms with Crippen molar-refractivity contribution in [1.29, 1.82) is 0 Å². The molecule has 3 aromatic rings. The van der Waals surface area contributed by atoms with E-state index in [1.807, 2.05) is 36.4 Å². The number of hydrogen-bond donors (Lipinski definition) is 1. The Kier molecular flexibility index (Phi) is 4.33. The van der Waals surface area contributed by atoms with Crippen molar-refractivity contribution in [2.45, 2.75) is 31.9 Å². The van der Waals surface area contributed by atoms with Gasteiger partial charge in [0.2, 0.25) is 0 Å². The molecule has 0 amide bonds. The summed E-state index contributed by atoms with van der Waals surface area (Å²) >= 11 is 0. The van der Waals surface area contributed by atoms with Crippen molar-refractivity contribution in [3.05, 3.63) is 71.8 Å². The minimum Gasteiger partial charge on any atom is -0.489 e. The van der Waals surface area contributed by atoms with Crippen LogP contribution in [0.4, 0.5) is 0 Å². The average molecular weight is 332 g/mol. The molecule has 0 aromatic heterocycles. The molecule has 0 bridgehead atoms. The molecule has 127 valence electrons. The lowest BCUT2D eigenvalue weighted by Gasteiger charge is -2.30. The van der Waals surface area contributed by atoms with Crippen molar-refractivity contribution in [1.82, 2.24) is 5.32 Å². The molecule has 1 N–H and O–H groups in total. The highest BCUT2D eigenvalue weighted by Crippen LogP contribution is 2.34. The molecular weight excluding hydrogens is 310 g/mol. The normalized spacial score (nSPS) is 20.5. The summed E-state index contributed by atoms with van der Waals surface area (Å²) in [5, 5.41) is 18.1. The highest BCUT2D eigenvalue weighted by Gasteiger charge is 2.25. The van der Waals surface area contributed by atoms with Crippen LogP contribution in [0, 0.1) is 6.92 Å². The fraction of sp³-hybridized carbons (Fsp3) is 0.273. The van der Waals surface area contributed by atoms with Crippen molar-refractivity contribution in [3.63, 3.8) is 0 Å². The molecule has 2 unspecified atom stereocenters. The zero-order valence-corrected chi connectivity index (χ0v) is 14.4. The van der Waals surface area contributed by atoms with Gasteiger partial charge < -0.3 is 10.1 Å². The van der Waals surface area contributed by atoms with Crippen molar-refractivity contribution in [3.8, 4) is 11.5 Å². The van der Waals surface area contributed by atoms with Gasteiger partial charge in [-0.3, -0.25) is 5.11 Å². The molecule has 0 aliphatic carbocycles. The monoisotopic (exact) mass is 332 g/mol. The SMILES string of the molecule is Cc1cccc(OC2CCC(c3cc4ccccc4cc3[O])NC2)c1. The molecule has 1 saturated heterocycles. The molecule has 3 heteroatoms. The van der Waals surface area contributed by atoms with E-state index in [2.05, 4.69) is 30.4 Å². The average Bonchev–Trinajstić information content (AvgIpc) is 2.62. The highest BCUT2D eigenvalue weighted by molar-refractivity contribution is 5.85. The van der Waals surface area contributed by atoms with E-state index in [1.54, 1.807) is 6.07 Å². The number of rotatable bonds is 3. The van der Waals surface area contributed by atoms with Crippen LogP contribution in [0.25, 0.3) is 10.8 Å². The fourth-order valence-corrected chi connectivity index (χ4v) is 3.59. The second-order valence-electron chi connectivity index (χ2n) is 6.83. The molecule has 0 spiro atoms. The van der Waals surface area contributed by atoms with Crippen molar-refractivity contribution >= 4 is 10.8 Å². The molecule has 1 heterocycles. The summed E-state index contributed by atoms with van der Waals surface area (Å²) in [6, 6.07) is 20.1. The molecular formula is C22H22NO2. The van der Waals surface area contributed by atoms with E-state index in [0.717, 1.165) is 41.5 Å². The Morgan fingerprint density at radius 3 is 2.48 bits per heavy atom. The van der Waals surface area contributed by atoms with E-state index in [0.29, 0.717) is 0 Å². The molecule has 1 aliphatic heterocycles. The van der Waals surface area contributed by atoms with Crippen LogP contribution in [-0.4, -0.2) is 12.6 Å². The van der Waals surface area contributed by atoms with Crippen LogP contribution in [0.2, 0.25) is 0 Å². The van der Waals surface area contributed by atoms with Crippen LogP contribution in [0.3, 0.4) is 0 Å². The van der Waals surface area contributed by atoms with Crippen LogP contribution in [-0.2, 0) is 5.11 Å². The predicted molar refractivity (Wildman–Crippen MR) is 99.7 cm³/mol. The van der Waals surface area contributed by atoms with E-state index in [9.17, 15) is 5.11 Å². The standard InChI is InChI=1S/C22H22NO2/c1-15-5-4-8-18(11-15)25-19-9-10-21(23-14-19)20-12-16-6-2-3-7-17(16)13-22(20)24/h2-8,11-13,19,21,23H,9-10,14H2,1H3. The molecule has 4 rings (SSSR count). The van der Waals surface area contributed by atoms with Crippen molar-refractivity contribution in [2.75, 3.05) is 6.54 Å². The predicted octanol–water partition coefficient (Wildman–Crippen LogP) is 5.16. The van der Waals surface area contributed by atoms with E-state index < -0.39 is 0 Å². The summed E-state index contributed by atoms with van der Waals surface area (Å²) in [6.45, 7) is 2.82. The van der Waals surface area contributed by atoms with Gasteiger partial charge in [-0.1, -0.05) is 36.4 Å². The third-order valence-electron chi connectivity index (χ3n) is 4.92. The number of piperidine rings is 1. The summed E-state index contributed by atoms with van der Waals surface area (Å²) in [5.41, 5.74) is 2.07. The topological polar surface area (TPSA) is 41.2 Å². The lowest BCUT2D eigenvalue weighted by molar-refractivity contribution is 0.148. The minimum atomic E-state index is 0.106. The summed E-state index contributed by atoms with van der Waals surface area (Å²) in [4.78, 5) is 0. The first-order chi connectivity index (χ1) is 12.2. The van der Waals surface area contributed by atoms with E-state index >= 15 is 0 Å². The van der Waals surface area contributed by atoms with Gasteiger partial charge in [-0.25, -0.2) is 0 Å². The first kappa shape index (κ1) is 16.0. The first-order valence-corrected chi connectivity index (χ1v) is 8.85. The molecule has 25 heavy (non-hydrogen) atoms. The maximum absolute atomic E-state index is 12.5. The Hall–Kier alpha value is -2.52. The number of ether oxygens (including phenoxy) is 1. The number of aryl methyl sites for hydroxylation is 1. The Bertz CT molecular complexity index is 882. The van der Waals surface area contributed by atoms with Gasteiger partial charge in [0.25, 0.3) is 0 Å². The van der Waals surface area contributed by atoms with Gasteiger partial charge in [-0.2, -0.15) is 0 Å². The van der Waals surface area contributed by atoms with E-state index in [4.69, 9.17) is 4.74 Å². The van der Waals surface area contributed by atoms with Gasteiger partial charge in [0, 0.05) is 18.2 Å². The molecule has 3 nitrogen and oxygen atoms in total. The Morgan fingerprint density at radius 2 is 1.76 bits per heavy atom. The summed E-state index contributed by atoms with van der Waals surface area (Å²) in [7, 11) is 0. The van der Waals surface area contributed by atoms with Gasteiger partial charge in [0.05, 0.1) is 0 Å². The van der Waals surface area contributed by atoms with Gasteiger partial charge in [-0.05, 0) is 60.4 Å². The maximum Gasteiger partial charge on any atom is 0.184 e. The van der Waals surface area contributed by atoms with E-state index in [1.165, 1.54) is 5.56 Å². The number of fused-ring (bicyclic) bond motifs is 1. The van der Waals surface area contributed by atoms with E-state index in [-0.39, 0.29) is 17.9 Å². The van der Waals surface area contributed by atoms with Crippen LogP contribution >= 0.6 is 0 Å². The fourth-order valence-electron chi connectivity index (χ4n) is 3.59. The Balaban J connectivity index is 1.46. The third-order valence-corrected chi connectivity index (χ3v) is 4.92. The van der Waals surface area contributed by atoms with Crippen molar-refractivity contribution < 1.29 is 9.84 Å². The number of nitrogens with one attached hydrogen (secondary N) is 1. The maximum atomic E-state index is 12.5. The summed E-state index contributed by atoms with van der Waals surface area (Å²) in [5.74, 6) is 1.04. The molecule has 2 atom stereocenters. The van der Waals surface area contributed by atoms with Gasteiger partial charge >= 0.3 is 0 Å². The van der Waals surface area contributed by atoms with Crippen LogP contribution in [0.15, 0.2) is 60.7 Å². The van der Waals surface area contributed by atoms with Crippen LogP contribution in [0.5, 0.6) is 11.5 Å². The quantitative estimate of drug-likeness (QED) is 0.719. The second-order valence-corrected chi connectivity index (χ2v) is 6.83. The minimum absolute atomic E-state index is 0.106. The first-order valence-electron chi connectivity index (χ1n) is 8.85. The van der Waals surface area contributed by atoms with Crippen LogP contribution in [0.1, 0.15) is 30.0 Å². The lowest BCUT2D eigenvalue weighted by Crippen LogP contribution is -2.39. The zero-order valence-electron chi connectivity index (χ0n) is 14.4. The third kappa shape index (κ3) is 3.47. The number of benzene rings is 3. The smallest absolute Gasteiger partial charge is 0.184 e. The molecule has 3 aromatic carbocycles. The lowest BCUT2D eigenvalue weighted by atomic mass is 9.93. The summed E-state index contributed by atoms with van der Waals surface area (Å²) in [6.07, 6.45) is 2.00. The van der Waals surface area contributed by atoms with Crippen molar-refractivity contribution in [2.24, 2.45) is 0 Å². The number of hydrogen-bond acceptors (Lipinski definition) is 2. The molecule has 1 fully saturated rings. The zero-order chi connectivity index (χ0) is 17.2.